The fourth-order valence-electron chi connectivity index (χ4n) is 4.56. The fraction of sp³-hybridized carbons (Fsp3) is 0.222. The molecule has 1 aromatic heterocycles. The molecule has 0 aliphatic heterocycles. The van der Waals surface area contributed by atoms with Gasteiger partial charge < -0.3 is 15.0 Å². The molecule has 4 aromatic rings. The van der Waals surface area contributed by atoms with Crippen LogP contribution in [0.4, 0.5) is 4.39 Å². The molecule has 1 fully saturated rings. The Balaban J connectivity index is 1.37. The van der Waals surface area contributed by atoms with Gasteiger partial charge in [-0.15, -0.1) is 0 Å². The monoisotopic (exact) mass is 428 g/mol. The Hall–Kier alpha value is -3.60. The average Bonchev–Trinajstić information content (AvgIpc) is 3.52. The van der Waals surface area contributed by atoms with Gasteiger partial charge >= 0.3 is 0 Å². The molecule has 5 rings (SSSR count). The van der Waals surface area contributed by atoms with Crippen molar-refractivity contribution in [2.24, 2.45) is 5.92 Å². The lowest BCUT2D eigenvalue weighted by atomic mass is 9.90. The van der Waals surface area contributed by atoms with E-state index in [1.54, 1.807) is 19.2 Å². The van der Waals surface area contributed by atoms with E-state index in [9.17, 15) is 9.18 Å². The van der Waals surface area contributed by atoms with Crippen molar-refractivity contribution in [3.8, 4) is 5.75 Å². The molecule has 0 saturated heterocycles. The van der Waals surface area contributed by atoms with Crippen molar-refractivity contribution in [3.63, 3.8) is 0 Å². The van der Waals surface area contributed by atoms with Crippen LogP contribution in [0.1, 0.15) is 34.9 Å². The molecule has 32 heavy (non-hydrogen) atoms. The number of para-hydroxylation sites is 1. The van der Waals surface area contributed by atoms with Gasteiger partial charge in [-0.3, -0.25) is 4.79 Å². The molecule has 1 saturated carbocycles. The van der Waals surface area contributed by atoms with E-state index in [2.05, 4.69) is 16.4 Å². The van der Waals surface area contributed by atoms with Gasteiger partial charge in [0, 0.05) is 35.5 Å². The van der Waals surface area contributed by atoms with E-state index in [-0.39, 0.29) is 29.5 Å². The number of hydrogen-bond acceptors (Lipinski definition) is 2. The number of nitrogens with one attached hydrogen (secondary N) is 2. The molecule has 3 atom stereocenters. The first-order chi connectivity index (χ1) is 15.7. The summed E-state index contributed by atoms with van der Waals surface area (Å²) in [6.07, 6.45) is 2.71. The lowest BCUT2D eigenvalue weighted by Crippen LogP contribution is -2.30. The lowest BCUT2D eigenvalue weighted by Gasteiger charge is -2.19. The van der Waals surface area contributed by atoms with Crippen LogP contribution < -0.4 is 10.1 Å². The summed E-state index contributed by atoms with van der Waals surface area (Å²) in [5.41, 5.74) is 3.93. The first kappa shape index (κ1) is 20.3. The second-order valence-electron chi connectivity index (χ2n) is 8.33. The Morgan fingerprint density at radius 1 is 1.09 bits per heavy atom. The van der Waals surface area contributed by atoms with Crippen LogP contribution in [-0.4, -0.2) is 24.5 Å². The zero-order chi connectivity index (χ0) is 22.1. The highest BCUT2D eigenvalue weighted by Crippen LogP contribution is 2.48. The maximum atomic E-state index is 14.1. The highest BCUT2D eigenvalue weighted by Gasteiger charge is 2.45. The molecule has 1 heterocycles. The van der Waals surface area contributed by atoms with Gasteiger partial charge in [-0.05, 0) is 53.3 Å². The molecule has 1 aliphatic rings. The van der Waals surface area contributed by atoms with E-state index in [1.165, 1.54) is 6.07 Å². The molecule has 162 valence electrons. The maximum Gasteiger partial charge on any atom is 0.223 e. The van der Waals surface area contributed by atoms with Crippen LogP contribution in [0.2, 0.25) is 0 Å². The zero-order valence-electron chi connectivity index (χ0n) is 17.8. The molecule has 0 radical (unpaired) electrons. The van der Waals surface area contributed by atoms with Crippen molar-refractivity contribution in [1.82, 2.24) is 10.3 Å². The predicted octanol–water partition coefficient (Wildman–Crippen LogP) is 5.37. The third kappa shape index (κ3) is 3.86. The zero-order valence-corrected chi connectivity index (χ0v) is 17.8. The summed E-state index contributed by atoms with van der Waals surface area (Å²) in [5, 5.41) is 4.27. The van der Waals surface area contributed by atoms with E-state index in [1.807, 2.05) is 54.7 Å². The summed E-state index contributed by atoms with van der Waals surface area (Å²) in [5.74, 6) is 0.308. The number of amides is 1. The summed E-state index contributed by atoms with van der Waals surface area (Å²) in [7, 11) is 1.65. The Bertz CT molecular complexity index is 1250. The molecule has 5 heteroatoms. The smallest absolute Gasteiger partial charge is 0.223 e. The summed E-state index contributed by atoms with van der Waals surface area (Å²) in [6.45, 7) is 0.466. The minimum Gasteiger partial charge on any atom is -0.497 e. The standard InChI is InChI=1S/C27H25FN2O2/c1-32-18-12-10-17(11-13-18)23(24-16-29-26-9-5-3-7-20(24)26)15-30-27(31)22-14-21(22)19-6-2-4-8-25(19)28/h2-13,16,21-23,29H,14-15H2,1H3,(H,30,31). The third-order valence-electron chi connectivity index (χ3n) is 6.43. The van der Waals surface area contributed by atoms with Gasteiger partial charge in [-0.1, -0.05) is 48.5 Å². The minimum atomic E-state index is -0.234. The number of hydrogen-bond donors (Lipinski definition) is 2. The Morgan fingerprint density at radius 2 is 1.84 bits per heavy atom. The van der Waals surface area contributed by atoms with Crippen molar-refractivity contribution in [2.45, 2.75) is 18.3 Å². The summed E-state index contributed by atoms with van der Waals surface area (Å²) >= 11 is 0. The maximum absolute atomic E-state index is 14.1. The number of carbonyl (C=O) groups excluding carboxylic acids is 1. The lowest BCUT2D eigenvalue weighted by molar-refractivity contribution is -0.122. The van der Waals surface area contributed by atoms with Crippen LogP contribution in [0.5, 0.6) is 5.75 Å². The number of benzene rings is 3. The molecule has 4 nitrogen and oxygen atoms in total. The van der Waals surface area contributed by atoms with E-state index in [0.29, 0.717) is 18.5 Å². The fourth-order valence-corrected chi connectivity index (χ4v) is 4.56. The largest absolute Gasteiger partial charge is 0.497 e. The topological polar surface area (TPSA) is 54.1 Å². The number of fused-ring (bicyclic) bond motifs is 1. The van der Waals surface area contributed by atoms with E-state index >= 15 is 0 Å². The van der Waals surface area contributed by atoms with Crippen molar-refractivity contribution in [3.05, 3.63) is 102 Å². The third-order valence-corrected chi connectivity index (χ3v) is 6.43. The second kappa shape index (κ2) is 8.50. The number of carbonyl (C=O) groups is 1. The van der Waals surface area contributed by atoms with Gasteiger partial charge in [0.25, 0.3) is 0 Å². The quantitative estimate of drug-likeness (QED) is 0.416. The summed E-state index contributed by atoms with van der Waals surface area (Å²) in [4.78, 5) is 16.2. The van der Waals surface area contributed by atoms with Crippen LogP contribution in [0, 0.1) is 11.7 Å². The number of methoxy groups -OCH3 is 1. The molecule has 3 unspecified atom stereocenters. The summed E-state index contributed by atoms with van der Waals surface area (Å²) < 4.78 is 19.4. The van der Waals surface area contributed by atoms with E-state index in [0.717, 1.165) is 27.8 Å². The number of aromatic nitrogens is 1. The summed E-state index contributed by atoms with van der Waals surface area (Å²) in [6, 6.07) is 22.9. The Morgan fingerprint density at radius 3 is 2.62 bits per heavy atom. The number of H-pyrrole nitrogens is 1. The normalized spacial score (nSPS) is 18.3. The van der Waals surface area contributed by atoms with Crippen LogP contribution in [0.25, 0.3) is 10.9 Å². The van der Waals surface area contributed by atoms with E-state index in [4.69, 9.17) is 4.74 Å². The van der Waals surface area contributed by atoms with Gasteiger partial charge in [-0.25, -0.2) is 4.39 Å². The van der Waals surface area contributed by atoms with Gasteiger partial charge in [0.1, 0.15) is 11.6 Å². The molecule has 0 bridgehead atoms. The Labute approximate surface area is 186 Å². The minimum absolute atomic E-state index is 0.0170. The van der Waals surface area contributed by atoms with Crippen LogP contribution in [0.15, 0.2) is 79.0 Å². The van der Waals surface area contributed by atoms with Gasteiger partial charge in [0.15, 0.2) is 0 Å². The second-order valence-corrected chi connectivity index (χ2v) is 8.33. The van der Waals surface area contributed by atoms with Gasteiger partial charge in [0.05, 0.1) is 7.11 Å². The molecule has 1 aliphatic carbocycles. The molecule has 3 aromatic carbocycles. The number of halogens is 1. The van der Waals surface area contributed by atoms with Crippen LogP contribution in [-0.2, 0) is 4.79 Å². The molecular formula is C27H25FN2O2. The average molecular weight is 429 g/mol. The Kier molecular flexibility index (Phi) is 5.39. The molecule has 0 spiro atoms. The van der Waals surface area contributed by atoms with Gasteiger partial charge in [-0.2, -0.15) is 0 Å². The van der Waals surface area contributed by atoms with Crippen LogP contribution >= 0.6 is 0 Å². The van der Waals surface area contributed by atoms with E-state index < -0.39 is 0 Å². The first-order valence-corrected chi connectivity index (χ1v) is 10.9. The molecule has 1 amide bonds. The highest BCUT2D eigenvalue weighted by atomic mass is 19.1. The predicted molar refractivity (Wildman–Crippen MR) is 123 cm³/mol. The SMILES string of the molecule is COc1ccc(C(CNC(=O)C2CC2c2ccccc2F)c2c[nH]c3ccccc23)cc1. The van der Waals surface area contributed by atoms with Crippen molar-refractivity contribution < 1.29 is 13.9 Å². The highest BCUT2D eigenvalue weighted by molar-refractivity contribution is 5.85. The molecule has 2 N–H and O–H groups in total. The molecular weight excluding hydrogens is 403 g/mol. The van der Waals surface area contributed by atoms with Crippen LogP contribution in [0.3, 0.4) is 0 Å². The first-order valence-electron chi connectivity index (χ1n) is 10.9. The van der Waals surface area contributed by atoms with Crippen molar-refractivity contribution in [2.75, 3.05) is 13.7 Å². The van der Waals surface area contributed by atoms with Crippen molar-refractivity contribution >= 4 is 16.8 Å². The van der Waals surface area contributed by atoms with Gasteiger partial charge in [0.2, 0.25) is 5.91 Å². The van der Waals surface area contributed by atoms with Crippen molar-refractivity contribution in [1.29, 1.82) is 0 Å². The number of ether oxygens (including phenoxy) is 1. The number of rotatable bonds is 7. The number of aromatic amines is 1.